The first-order valence-electron chi connectivity index (χ1n) is 4.76. The van der Waals surface area contributed by atoms with Gasteiger partial charge in [-0.1, -0.05) is 0 Å². The molecule has 0 aliphatic rings. The van der Waals surface area contributed by atoms with Crippen LogP contribution < -0.4 is 0 Å². The third-order valence-electron chi connectivity index (χ3n) is 2.04. The molecule has 0 amide bonds. The first kappa shape index (κ1) is 13.1. The monoisotopic (exact) mass is 241 g/mol. The van der Waals surface area contributed by atoms with Gasteiger partial charge in [0.25, 0.3) is 11.5 Å². The van der Waals surface area contributed by atoms with Gasteiger partial charge in [-0.25, -0.2) is 4.79 Å². The van der Waals surface area contributed by atoms with E-state index in [0.29, 0.717) is 0 Å². The van der Waals surface area contributed by atoms with Gasteiger partial charge in [-0.2, -0.15) is 0 Å². The summed E-state index contributed by atoms with van der Waals surface area (Å²) in [4.78, 5) is 21.0. The Morgan fingerprint density at radius 2 is 1.94 bits per heavy atom. The van der Waals surface area contributed by atoms with E-state index in [9.17, 15) is 25.1 Å². The Hall–Kier alpha value is -1.99. The molecule has 1 rings (SSSR count). The minimum Gasteiger partial charge on any atom is -0.462 e. The Bertz CT molecular complexity index is 425. The molecular formula is C10H11NO6. The van der Waals surface area contributed by atoms with Crippen LogP contribution in [0.1, 0.15) is 12.5 Å². The van der Waals surface area contributed by atoms with Crippen molar-refractivity contribution in [1.29, 1.82) is 0 Å². The molecule has 0 spiro atoms. The van der Waals surface area contributed by atoms with Gasteiger partial charge in [-0.15, -0.1) is 0 Å². The predicted octanol–water partition coefficient (Wildman–Crippen LogP) is 0.295. The van der Waals surface area contributed by atoms with Gasteiger partial charge in [-0.05, 0) is 19.1 Å². The van der Waals surface area contributed by atoms with Crippen molar-refractivity contribution < 1.29 is 24.7 Å². The zero-order valence-electron chi connectivity index (χ0n) is 8.99. The Morgan fingerprint density at radius 3 is 2.35 bits per heavy atom. The Morgan fingerprint density at radius 1 is 1.41 bits per heavy atom. The van der Waals surface area contributed by atoms with E-state index in [0.717, 1.165) is 24.3 Å². The molecule has 7 nitrogen and oxygen atoms in total. The Labute approximate surface area is 96.4 Å². The number of ether oxygens (including phenoxy) is 1. The molecule has 2 N–H and O–H groups in total. The standard InChI is InChI=1S/C10H11NO6/c1-2-17-9(12)10(13,14)7-3-5-8(6-4-7)11(15)16/h3-6,13-14H,2H2,1H3. The van der Waals surface area contributed by atoms with Gasteiger partial charge >= 0.3 is 5.97 Å². The van der Waals surface area contributed by atoms with Crippen LogP contribution >= 0.6 is 0 Å². The van der Waals surface area contributed by atoms with E-state index in [-0.39, 0.29) is 17.9 Å². The molecule has 0 aromatic heterocycles. The highest BCUT2D eigenvalue weighted by Gasteiger charge is 2.37. The maximum Gasteiger partial charge on any atom is 0.371 e. The predicted molar refractivity (Wildman–Crippen MR) is 55.8 cm³/mol. The van der Waals surface area contributed by atoms with E-state index in [1.807, 2.05) is 0 Å². The van der Waals surface area contributed by atoms with Crippen LogP contribution in [-0.4, -0.2) is 27.7 Å². The first-order chi connectivity index (χ1) is 7.89. The average Bonchev–Trinajstić information content (AvgIpc) is 2.29. The van der Waals surface area contributed by atoms with E-state index in [4.69, 9.17) is 0 Å². The lowest BCUT2D eigenvalue weighted by Gasteiger charge is -2.19. The topological polar surface area (TPSA) is 110 Å². The summed E-state index contributed by atoms with van der Waals surface area (Å²) in [6.07, 6.45) is 0. The SMILES string of the molecule is CCOC(=O)C(O)(O)c1ccc([N+](=O)[O-])cc1. The molecule has 0 saturated heterocycles. The fourth-order valence-corrected chi connectivity index (χ4v) is 1.17. The van der Waals surface area contributed by atoms with Crippen molar-refractivity contribution in [2.45, 2.75) is 12.7 Å². The van der Waals surface area contributed by atoms with E-state index >= 15 is 0 Å². The molecule has 0 bridgehead atoms. The van der Waals surface area contributed by atoms with Crippen LogP contribution in [0.4, 0.5) is 5.69 Å². The quantitative estimate of drug-likeness (QED) is 0.339. The number of benzene rings is 1. The van der Waals surface area contributed by atoms with Gasteiger partial charge in [0.1, 0.15) is 0 Å². The molecule has 0 aliphatic carbocycles. The first-order valence-corrected chi connectivity index (χ1v) is 4.76. The number of nitro benzene ring substituents is 1. The summed E-state index contributed by atoms with van der Waals surface area (Å²) in [5.74, 6) is -4.03. The Balaban J connectivity index is 2.99. The van der Waals surface area contributed by atoms with Crippen LogP contribution in [0.3, 0.4) is 0 Å². The summed E-state index contributed by atoms with van der Waals surface area (Å²) >= 11 is 0. The summed E-state index contributed by atoms with van der Waals surface area (Å²) in [5, 5.41) is 29.4. The van der Waals surface area contributed by atoms with Crippen LogP contribution in [-0.2, 0) is 15.3 Å². The van der Waals surface area contributed by atoms with Crippen molar-refractivity contribution in [3.63, 3.8) is 0 Å². The number of carbonyl (C=O) groups excluding carboxylic acids is 1. The number of aliphatic hydroxyl groups is 2. The van der Waals surface area contributed by atoms with Crippen molar-refractivity contribution in [3.05, 3.63) is 39.9 Å². The molecule has 0 radical (unpaired) electrons. The summed E-state index contributed by atoms with van der Waals surface area (Å²) in [5.41, 5.74) is -0.407. The number of carbonyl (C=O) groups is 1. The van der Waals surface area contributed by atoms with E-state index in [1.54, 1.807) is 0 Å². The molecule has 7 heteroatoms. The molecule has 0 heterocycles. The number of hydrogen-bond donors (Lipinski definition) is 2. The second kappa shape index (κ2) is 4.89. The maximum absolute atomic E-state index is 11.2. The largest absolute Gasteiger partial charge is 0.462 e. The molecule has 1 aromatic carbocycles. The molecule has 0 unspecified atom stereocenters. The molecule has 0 fully saturated rings. The van der Waals surface area contributed by atoms with E-state index < -0.39 is 16.7 Å². The number of rotatable bonds is 4. The van der Waals surface area contributed by atoms with Gasteiger partial charge in [-0.3, -0.25) is 10.1 Å². The highest BCUT2D eigenvalue weighted by molar-refractivity contribution is 5.79. The van der Waals surface area contributed by atoms with Crippen LogP contribution in [0.15, 0.2) is 24.3 Å². The van der Waals surface area contributed by atoms with Crippen LogP contribution in [0, 0.1) is 10.1 Å². The number of nitrogens with zero attached hydrogens (tertiary/aromatic N) is 1. The van der Waals surface area contributed by atoms with Gasteiger partial charge in [0, 0.05) is 17.7 Å². The lowest BCUT2D eigenvalue weighted by atomic mass is 10.1. The fraction of sp³-hybridized carbons (Fsp3) is 0.300. The van der Waals surface area contributed by atoms with Crippen molar-refractivity contribution in [3.8, 4) is 0 Å². The second-order valence-corrected chi connectivity index (χ2v) is 3.20. The third-order valence-corrected chi connectivity index (χ3v) is 2.04. The lowest BCUT2D eigenvalue weighted by Crippen LogP contribution is -2.37. The number of hydrogen-bond acceptors (Lipinski definition) is 6. The van der Waals surface area contributed by atoms with Crippen molar-refractivity contribution >= 4 is 11.7 Å². The summed E-state index contributed by atoms with van der Waals surface area (Å²) < 4.78 is 4.47. The van der Waals surface area contributed by atoms with E-state index in [2.05, 4.69) is 4.74 Å². The molecule has 0 aliphatic heterocycles. The number of non-ortho nitro benzene ring substituents is 1. The minimum absolute atomic E-state index is 0.00527. The normalized spacial score (nSPS) is 11.0. The van der Waals surface area contributed by atoms with Crippen molar-refractivity contribution in [1.82, 2.24) is 0 Å². The van der Waals surface area contributed by atoms with Crippen LogP contribution in [0.5, 0.6) is 0 Å². The van der Waals surface area contributed by atoms with Crippen molar-refractivity contribution in [2.24, 2.45) is 0 Å². The fourth-order valence-electron chi connectivity index (χ4n) is 1.17. The van der Waals surface area contributed by atoms with Crippen LogP contribution in [0.2, 0.25) is 0 Å². The van der Waals surface area contributed by atoms with Gasteiger partial charge in [0.15, 0.2) is 0 Å². The smallest absolute Gasteiger partial charge is 0.371 e. The summed E-state index contributed by atoms with van der Waals surface area (Å²) in [7, 11) is 0. The maximum atomic E-state index is 11.2. The number of nitro groups is 1. The minimum atomic E-state index is -2.80. The zero-order valence-corrected chi connectivity index (χ0v) is 8.99. The summed E-state index contributed by atoms with van der Waals surface area (Å²) in [6, 6.07) is 4.29. The lowest BCUT2D eigenvalue weighted by molar-refractivity contribution is -0.384. The third kappa shape index (κ3) is 2.77. The van der Waals surface area contributed by atoms with Crippen LogP contribution in [0.25, 0.3) is 0 Å². The zero-order chi connectivity index (χ0) is 13.1. The molecule has 92 valence electrons. The molecule has 0 saturated carbocycles. The molecule has 1 aromatic rings. The highest BCUT2D eigenvalue weighted by atomic mass is 16.6. The Kier molecular flexibility index (Phi) is 3.77. The second-order valence-electron chi connectivity index (χ2n) is 3.20. The van der Waals surface area contributed by atoms with Gasteiger partial charge in [0.05, 0.1) is 11.5 Å². The molecular weight excluding hydrogens is 230 g/mol. The molecule has 17 heavy (non-hydrogen) atoms. The average molecular weight is 241 g/mol. The van der Waals surface area contributed by atoms with E-state index in [1.165, 1.54) is 6.92 Å². The van der Waals surface area contributed by atoms with Gasteiger partial charge < -0.3 is 14.9 Å². The van der Waals surface area contributed by atoms with Gasteiger partial charge in [0.2, 0.25) is 0 Å². The van der Waals surface area contributed by atoms with Crippen molar-refractivity contribution in [2.75, 3.05) is 6.61 Å². The summed E-state index contributed by atoms with van der Waals surface area (Å²) in [6.45, 7) is 1.51. The number of esters is 1. The molecule has 0 atom stereocenters. The highest BCUT2D eigenvalue weighted by Crippen LogP contribution is 2.22.